The van der Waals surface area contributed by atoms with E-state index in [0.29, 0.717) is 6.42 Å². The van der Waals surface area contributed by atoms with Crippen molar-refractivity contribution in [3.05, 3.63) is 28.7 Å². The van der Waals surface area contributed by atoms with Gasteiger partial charge in [0.25, 0.3) is 0 Å². The van der Waals surface area contributed by atoms with Crippen molar-refractivity contribution < 1.29 is 4.79 Å². The average Bonchev–Trinajstić information content (AvgIpc) is 2.32. The summed E-state index contributed by atoms with van der Waals surface area (Å²) in [6.45, 7) is 2.13. The number of hydrogen-bond acceptors (Lipinski definition) is 3. The first kappa shape index (κ1) is 13.4. The molecule has 0 aliphatic carbocycles. The predicted molar refractivity (Wildman–Crippen MR) is 76.1 cm³/mol. The van der Waals surface area contributed by atoms with Crippen LogP contribution in [-0.2, 0) is 4.79 Å². The van der Waals surface area contributed by atoms with Crippen molar-refractivity contribution >= 4 is 27.5 Å². The van der Waals surface area contributed by atoms with Crippen molar-refractivity contribution in [3.8, 4) is 0 Å². The summed E-state index contributed by atoms with van der Waals surface area (Å²) in [4.78, 5) is 11.6. The molecule has 1 heterocycles. The van der Waals surface area contributed by atoms with Crippen molar-refractivity contribution in [1.82, 2.24) is 10.6 Å². The van der Waals surface area contributed by atoms with Crippen molar-refractivity contribution in [2.75, 3.05) is 5.32 Å². The van der Waals surface area contributed by atoms with E-state index in [1.807, 2.05) is 24.3 Å². The predicted octanol–water partition coefficient (Wildman–Crippen LogP) is 2.42. The van der Waals surface area contributed by atoms with Gasteiger partial charge in [0.1, 0.15) is 0 Å². The summed E-state index contributed by atoms with van der Waals surface area (Å²) >= 11 is 3.40. The molecule has 2 atom stereocenters. The van der Waals surface area contributed by atoms with E-state index < -0.39 is 0 Å². The molecule has 1 fully saturated rings. The summed E-state index contributed by atoms with van der Waals surface area (Å²) in [5.41, 5.74) is 0.980. The van der Waals surface area contributed by atoms with Gasteiger partial charge in [0.2, 0.25) is 5.91 Å². The summed E-state index contributed by atoms with van der Waals surface area (Å²) in [5, 5.41) is 9.55. The highest BCUT2D eigenvalue weighted by molar-refractivity contribution is 9.10. The van der Waals surface area contributed by atoms with Gasteiger partial charge in [-0.3, -0.25) is 10.1 Å². The first-order valence-corrected chi connectivity index (χ1v) is 7.04. The molecule has 2 rings (SSSR count). The van der Waals surface area contributed by atoms with E-state index in [4.69, 9.17) is 0 Å². The Labute approximate surface area is 116 Å². The Bertz CT molecular complexity index is 407. The van der Waals surface area contributed by atoms with Crippen LogP contribution >= 0.6 is 15.9 Å². The SMILES string of the molecule is CCCC1CC(=O)NC(Nc2ccc(Br)cc2)N1. The summed E-state index contributed by atoms with van der Waals surface area (Å²) in [6, 6.07) is 8.15. The minimum Gasteiger partial charge on any atom is -0.353 e. The van der Waals surface area contributed by atoms with E-state index >= 15 is 0 Å². The fraction of sp³-hybridized carbons (Fsp3) is 0.462. The Morgan fingerprint density at radius 1 is 1.39 bits per heavy atom. The molecule has 1 amide bonds. The van der Waals surface area contributed by atoms with Crippen LogP contribution in [0.25, 0.3) is 0 Å². The summed E-state index contributed by atoms with van der Waals surface area (Å²) < 4.78 is 1.04. The van der Waals surface area contributed by atoms with Gasteiger partial charge in [0.05, 0.1) is 0 Å². The van der Waals surface area contributed by atoms with Crippen molar-refractivity contribution in [1.29, 1.82) is 0 Å². The number of carbonyl (C=O) groups is 1. The molecule has 0 radical (unpaired) electrons. The second-order valence-electron chi connectivity index (χ2n) is 4.51. The van der Waals surface area contributed by atoms with E-state index in [-0.39, 0.29) is 18.2 Å². The first-order chi connectivity index (χ1) is 8.67. The number of halogens is 1. The molecule has 4 nitrogen and oxygen atoms in total. The molecule has 0 bridgehead atoms. The fourth-order valence-corrected chi connectivity index (χ4v) is 2.37. The van der Waals surface area contributed by atoms with Crippen LogP contribution < -0.4 is 16.0 Å². The third kappa shape index (κ3) is 3.71. The molecule has 98 valence electrons. The molecule has 3 N–H and O–H groups in total. The standard InChI is InChI=1S/C13H18BrN3O/c1-2-3-11-8-12(18)17-13(16-11)15-10-6-4-9(14)5-7-10/h4-7,11,13,15-16H,2-3,8H2,1H3,(H,17,18). The fourth-order valence-electron chi connectivity index (χ4n) is 2.10. The lowest BCUT2D eigenvalue weighted by atomic mass is 10.1. The van der Waals surface area contributed by atoms with Gasteiger partial charge in [-0.1, -0.05) is 29.3 Å². The minimum atomic E-state index is -0.191. The van der Waals surface area contributed by atoms with Gasteiger partial charge in [-0.15, -0.1) is 0 Å². The molecule has 1 aliphatic heterocycles. The van der Waals surface area contributed by atoms with Gasteiger partial charge in [0.15, 0.2) is 6.29 Å². The Morgan fingerprint density at radius 2 is 2.11 bits per heavy atom. The van der Waals surface area contributed by atoms with Crippen LogP contribution in [0.3, 0.4) is 0 Å². The number of nitrogens with one attached hydrogen (secondary N) is 3. The van der Waals surface area contributed by atoms with Crippen LogP contribution in [0.15, 0.2) is 28.7 Å². The van der Waals surface area contributed by atoms with Crippen LogP contribution in [0.4, 0.5) is 5.69 Å². The highest BCUT2D eigenvalue weighted by atomic mass is 79.9. The van der Waals surface area contributed by atoms with E-state index in [1.54, 1.807) is 0 Å². The molecule has 0 saturated carbocycles. The van der Waals surface area contributed by atoms with Crippen molar-refractivity contribution in [3.63, 3.8) is 0 Å². The monoisotopic (exact) mass is 311 g/mol. The number of hydrogen-bond donors (Lipinski definition) is 3. The Hall–Kier alpha value is -1.07. The highest BCUT2D eigenvalue weighted by Gasteiger charge is 2.24. The molecule has 1 aromatic carbocycles. The van der Waals surface area contributed by atoms with Gasteiger partial charge in [0, 0.05) is 22.6 Å². The maximum Gasteiger partial charge on any atom is 0.224 e. The molecular formula is C13H18BrN3O. The van der Waals surface area contributed by atoms with Crippen LogP contribution in [0, 0.1) is 0 Å². The van der Waals surface area contributed by atoms with Crippen LogP contribution in [0.1, 0.15) is 26.2 Å². The maximum absolute atomic E-state index is 11.6. The lowest BCUT2D eigenvalue weighted by Gasteiger charge is -2.32. The summed E-state index contributed by atoms with van der Waals surface area (Å²) in [7, 11) is 0. The van der Waals surface area contributed by atoms with Crippen LogP contribution in [0.2, 0.25) is 0 Å². The Balaban J connectivity index is 1.95. The molecule has 2 unspecified atom stereocenters. The minimum absolute atomic E-state index is 0.0989. The molecule has 1 saturated heterocycles. The van der Waals surface area contributed by atoms with Gasteiger partial charge >= 0.3 is 0 Å². The normalized spacial score (nSPS) is 23.6. The van der Waals surface area contributed by atoms with Gasteiger partial charge < -0.3 is 10.6 Å². The topological polar surface area (TPSA) is 53.2 Å². The maximum atomic E-state index is 11.6. The lowest BCUT2D eigenvalue weighted by molar-refractivity contribution is -0.124. The molecule has 5 heteroatoms. The summed E-state index contributed by atoms with van der Waals surface area (Å²) in [5.74, 6) is 0.0989. The van der Waals surface area contributed by atoms with Crippen LogP contribution in [0.5, 0.6) is 0 Å². The third-order valence-corrected chi connectivity index (χ3v) is 3.46. The highest BCUT2D eigenvalue weighted by Crippen LogP contribution is 2.15. The molecule has 0 spiro atoms. The molecule has 1 aromatic rings. The average molecular weight is 312 g/mol. The molecule has 1 aliphatic rings. The van der Waals surface area contributed by atoms with Gasteiger partial charge in [-0.05, 0) is 30.7 Å². The Kier molecular flexibility index (Phi) is 4.60. The zero-order valence-electron chi connectivity index (χ0n) is 10.4. The van der Waals surface area contributed by atoms with Gasteiger partial charge in [-0.2, -0.15) is 0 Å². The van der Waals surface area contributed by atoms with Crippen LogP contribution in [-0.4, -0.2) is 18.2 Å². The largest absolute Gasteiger partial charge is 0.353 e. The number of benzene rings is 1. The summed E-state index contributed by atoms with van der Waals surface area (Å²) in [6.07, 6.45) is 2.47. The second kappa shape index (κ2) is 6.20. The zero-order chi connectivity index (χ0) is 13.0. The zero-order valence-corrected chi connectivity index (χ0v) is 12.0. The van der Waals surface area contributed by atoms with Crippen molar-refractivity contribution in [2.24, 2.45) is 0 Å². The van der Waals surface area contributed by atoms with E-state index in [2.05, 4.69) is 38.8 Å². The number of anilines is 1. The first-order valence-electron chi connectivity index (χ1n) is 6.25. The lowest BCUT2D eigenvalue weighted by Crippen LogP contribution is -2.59. The van der Waals surface area contributed by atoms with E-state index in [9.17, 15) is 4.79 Å². The third-order valence-electron chi connectivity index (χ3n) is 2.93. The molecule has 0 aromatic heterocycles. The number of carbonyl (C=O) groups excluding carboxylic acids is 1. The quantitative estimate of drug-likeness (QED) is 0.800. The Morgan fingerprint density at radius 3 is 2.78 bits per heavy atom. The van der Waals surface area contributed by atoms with E-state index in [1.165, 1.54) is 0 Å². The van der Waals surface area contributed by atoms with Gasteiger partial charge in [-0.25, -0.2) is 0 Å². The number of rotatable bonds is 4. The second-order valence-corrected chi connectivity index (χ2v) is 5.42. The number of amides is 1. The van der Waals surface area contributed by atoms with Crippen molar-refractivity contribution in [2.45, 2.75) is 38.5 Å². The van der Waals surface area contributed by atoms with E-state index in [0.717, 1.165) is 23.0 Å². The smallest absolute Gasteiger partial charge is 0.224 e. The molecule has 18 heavy (non-hydrogen) atoms. The molecular weight excluding hydrogens is 294 g/mol.